The van der Waals surface area contributed by atoms with Gasteiger partial charge in [-0.2, -0.15) is 0 Å². The maximum absolute atomic E-state index is 12.9. The highest BCUT2D eigenvalue weighted by atomic mass is 31.2. The van der Waals surface area contributed by atoms with E-state index in [0.717, 1.165) is 32.8 Å². The van der Waals surface area contributed by atoms with Gasteiger partial charge in [0.2, 0.25) is 0 Å². The number of aliphatic hydroxyl groups is 2. The summed E-state index contributed by atoms with van der Waals surface area (Å²) in [7, 11) is -15.4. The van der Waals surface area contributed by atoms with E-state index < -0.39 is 91.3 Å². The molecule has 7 N–H and O–H groups in total. The molecule has 1 fully saturated rings. The molecule has 0 heterocycles. The van der Waals surface area contributed by atoms with Gasteiger partial charge in [0.25, 0.3) is 0 Å². The summed E-state index contributed by atoms with van der Waals surface area (Å²) in [6.07, 6.45) is -10.6. The Kier molecular flexibility index (Phi) is 17.9. The Morgan fingerprint density at radius 3 is 1.59 bits per heavy atom. The fraction of sp³-hybridized carbons (Fsp3) is 0.909. The Labute approximate surface area is 254 Å². The lowest BCUT2D eigenvalue weighted by atomic mass is 9.85. The van der Waals surface area contributed by atoms with Crippen molar-refractivity contribution in [3.05, 3.63) is 0 Å². The van der Waals surface area contributed by atoms with Crippen molar-refractivity contribution in [2.45, 2.75) is 108 Å². The normalized spacial score (nSPS) is 26.5. The molecule has 1 aliphatic rings. The zero-order valence-electron chi connectivity index (χ0n) is 24.5. The summed E-state index contributed by atoms with van der Waals surface area (Å²) < 4.78 is 69.6. The number of esters is 2. The van der Waals surface area contributed by atoms with Gasteiger partial charge in [0.15, 0.2) is 6.10 Å². The zero-order valence-corrected chi connectivity index (χ0v) is 27.2. The number of hydrogen-bond donors (Lipinski definition) is 7. The van der Waals surface area contributed by atoms with Crippen LogP contribution in [0.2, 0.25) is 0 Å². The van der Waals surface area contributed by atoms with E-state index in [2.05, 4.69) is 9.05 Å². The highest BCUT2D eigenvalue weighted by molar-refractivity contribution is 7.47. The fourth-order valence-electron chi connectivity index (χ4n) is 4.13. The van der Waals surface area contributed by atoms with Gasteiger partial charge in [-0.3, -0.25) is 27.7 Å². The van der Waals surface area contributed by atoms with Crippen LogP contribution >= 0.6 is 23.5 Å². The summed E-state index contributed by atoms with van der Waals surface area (Å²) in [4.78, 5) is 71.5. The Bertz CT molecular complexity index is 1030. The molecule has 1 aliphatic carbocycles. The molecule has 1 saturated carbocycles. The molecule has 0 radical (unpaired) electrons. The smallest absolute Gasteiger partial charge is 0.462 e. The molecular formula is C22H43O19P3. The standard InChI is InChI=1S/C22H43O19P3/c1-4-6-8-10-15(23)36-12-14(38-16(24)11-9-7-5-2)13-37-44(33,34)41-20-18(26)22(40-43(30,31)32)21(39-42(27,28)29)17(25)19(20)35-3/h14,17-22,25-26H,4-13H2,1-3H3,(H,33,34)(H2,27,28,29)(H2,30,31,32). The lowest BCUT2D eigenvalue weighted by Gasteiger charge is -2.45. The predicted molar refractivity (Wildman–Crippen MR) is 146 cm³/mol. The van der Waals surface area contributed by atoms with Crippen molar-refractivity contribution < 1.29 is 90.3 Å². The van der Waals surface area contributed by atoms with Gasteiger partial charge in [-0.05, 0) is 12.8 Å². The molecule has 0 amide bonds. The number of phosphoric acid groups is 3. The van der Waals surface area contributed by atoms with Crippen LogP contribution in [0, 0.1) is 0 Å². The molecule has 0 aromatic rings. The Balaban J connectivity index is 3.10. The van der Waals surface area contributed by atoms with Crippen LogP contribution in [0.15, 0.2) is 0 Å². The molecule has 0 aliphatic heterocycles. The molecule has 0 bridgehead atoms. The van der Waals surface area contributed by atoms with Gasteiger partial charge in [0.1, 0.15) is 43.2 Å². The van der Waals surface area contributed by atoms with Crippen LogP contribution < -0.4 is 0 Å². The van der Waals surface area contributed by atoms with E-state index in [1.165, 1.54) is 0 Å². The number of carbonyl (C=O) groups excluding carboxylic acids is 2. The van der Waals surface area contributed by atoms with E-state index in [0.29, 0.717) is 12.8 Å². The van der Waals surface area contributed by atoms with E-state index in [4.69, 9.17) is 23.3 Å². The number of aliphatic hydroxyl groups excluding tert-OH is 2. The summed E-state index contributed by atoms with van der Waals surface area (Å²) in [5.74, 6) is -1.32. The second-order valence-electron chi connectivity index (χ2n) is 9.85. The lowest BCUT2D eigenvalue weighted by molar-refractivity contribution is -0.219. The SMILES string of the molecule is CCCCCC(=O)OCC(COP(=O)(O)OC1C(O)C(OP(=O)(O)O)C(OP(=O)(O)O)C(O)C1OC)OC(=O)CCCCC. The van der Waals surface area contributed by atoms with E-state index in [9.17, 15) is 58.0 Å². The average molecular weight is 704 g/mol. The first-order chi connectivity index (χ1) is 20.3. The van der Waals surface area contributed by atoms with Gasteiger partial charge in [0, 0.05) is 20.0 Å². The van der Waals surface area contributed by atoms with Crippen LogP contribution in [-0.4, -0.2) is 110 Å². The summed E-state index contributed by atoms with van der Waals surface area (Å²) in [5.41, 5.74) is 0. The van der Waals surface area contributed by atoms with Crippen LogP contribution in [0.1, 0.15) is 65.2 Å². The molecule has 260 valence electrons. The highest BCUT2D eigenvalue weighted by Crippen LogP contribution is 2.51. The van der Waals surface area contributed by atoms with Crippen molar-refractivity contribution in [1.82, 2.24) is 0 Å². The van der Waals surface area contributed by atoms with Gasteiger partial charge < -0.3 is 48.9 Å². The van der Waals surface area contributed by atoms with Crippen LogP contribution in [0.25, 0.3) is 0 Å². The minimum Gasteiger partial charge on any atom is -0.462 e. The Morgan fingerprint density at radius 1 is 0.682 bits per heavy atom. The molecule has 0 saturated heterocycles. The molecule has 1 rings (SSSR count). The van der Waals surface area contributed by atoms with Crippen molar-refractivity contribution in [2.75, 3.05) is 20.3 Å². The fourth-order valence-corrected chi connectivity index (χ4v) is 6.22. The number of hydrogen-bond acceptors (Lipinski definition) is 14. The molecule has 22 heteroatoms. The van der Waals surface area contributed by atoms with Crippen molar-refractivity contribution in [3.8, 4) is 0 Å². The predicted octanol–water partition coefficient (Wildman–Crippen LogP) is 0.810. The van der Waals surface area contributed by atoms with Gasteiger partial charge in [-0.15, -0.1) is 0 Å². The molecule has 8 unspecified atom stereocenters. The summed E-state index contributed by atoms with van der Waals surface area (Å²) >= 11 is 0. The number of phosphoric ester groups is 3. The number of methoxy groups -OCH3 is 1. The second-order valence-corrected chi connectivity index (χ2v) is 13.6. The third-order valence-electron chi connectivity index (χ3n) is 6.16. The Morgan fingerprint density at radius 2 is 1.14 bits per heavy atom. The summed E-state index contributed by atoms with van der Waals surface area (Å²) in [5, 5.41) is 21.4. The third kappa shape index (κ3) is 15.6. The Hall–Kier alpha value is -0.850. The first-order valence-electron chi connectivity index (χ1n) is 13.7. The van der Waals surface area contributed by atoms with Crippen molar-refractivity contribution >= 4 is 35.4 Å². The maximum Gasteiger partial charge on any atom is 0.472 e. The number of carbonyl (C=O) groups is 2. The first-order valence-corrected chi connectivity index (χ1v) is 18.3. The second kappa shape index (κ2) is 19.1. The number of rotatable bonds is 21. The van der Waals surface area contributed by atoms with Crippen LogP contribution in [0.3, 0.4) is 0 Å². The quantitative estimate of drug-likeness (QED) is 0.0494. The summed E-state index contributed by atoms with van der Waals surface area (Å²) in [6.45, 7) is 2.44. The van der Waals surface area contributed by atoms with Gasteiger partial charge >= 0.3 is 35.4 Å². The maximum atomic E-state index is 12.9. The molecule has 19 nitrogen and oxygen atoms in total. The largest absolute Gasteiger partial charge is 0.472 e. The van der Waals surface area contributed by atoms with Crippen LogP contribution in [-0.2, 0) is 55.6 Å². The topological polar surface area (TPSA) is 292 Å². The number of ether oxygens (including phenoxy) is 3. The monoisotopic (exact) mass is 704 g/mol. The molecule has 0 aromatic carbocycles. The van der Waals surface area contributed by atoms with Crippen LogP contribution in [0.4, 0.5) is 0 Å². The first kappa shape index (κ1) is 41.2. The van der Waals surface area contributed by atoms with E-state index in [-0.39, 0.29) is 12.8 Å². The minimum atomic E-state index is -5.54. The molecule has 8 atom stereocenters. The van der Waals surface area contributed by atoms with Gasteiger partial charge in [-0.1, -0.05) is 39.5 Å². The minimum absolute atomic E-state index is 0.00253. The van der Waals surface area contributed by atoms with E-state index in [1.807, 2.05) is 13.8 Å². The zero-order chi connectivity index (χ0) is 33.7. The molecule has 0 aromatic heterocycles. The van der Waals surface area contributed by atoms with Gasteiger partial charge in [0.05, 0.1) is 6.61 Å². The number of unbranched alkanes of at least 4 members (excludes halogenated alkanes) is 4. The highest BCUT2D eigenvalue weighted by Gasteiger charge is 2.57. The van der Waals surface area contributed by atoms with Crippen molar-refractivity contribution in [3.63, 3.8) is 0 Å². The lowest BCUT2D eigenvalue weighted by Crippen LogP contribution is -2.65. The van der Waals surface area contributed by atoms with Crippen molar-refractivity contribution in [1.29, 1.82) is 0 Å². The molecular weight excluding hydrogens is 661 g/mol. The van der Waals surface area contributed by atoms with Gasteiger partial charge in [-0.25, -0.2) is 13.7 Å². The molecule has 0 spiro atoms. The van der Waals surface area contributed by atoms with E-state index >= 15 is 0 Å². The summed E-state index contributed by atoms with van der Waals surface area (Å²) in [6, 6.07) is 0. The van der Waals surface area contributed by atoms with E-state index in [1.54, 1.807) is 0 Å². The van der Waals surface area contributed by atoms with Crippen LogP contribution in [0.5, 0.6) is 0 Å². The molecule has 44 heavy (non-hydrogen) atoms. The van der Waals surface area contributed by atoms with Crippen molar-refractivity contribution in [2.24, 2.45) is 0 Å². The average Bonchev–Trinajstić information content (AvgIpc) is 2.90. The third-order valence-corrected chi connectivity index (χ3v) is 8.18.